The van der Waals surface area contributed by atoms with Crippen LogP contribution in [0.4, 0.5) is 4.79 Å². The van der Waals surface area contributed by atoms with Gasteiger partial charge in [-0.3, -0.25) is 4.79 Å². The molecule has 0 radical (unpaired) electrons. The number of nitrogens with zero attached hydrogens (tertiary/aromatic N) is 3. The van der Waals surface area contributed by atoms with Crippen LogP contribution >= 0.6 is 69.6 Å². The first-order valence-electron chi connectivity index (χ1n) is 12.3. The van der Waals surface area contributed by atoms with Crippen molar-refractivity contribution in [1.29, 1.82) is 0 Å². The van der Waals surface area contributed by atoms with Gasteiger partial charge in [0.1, 0.15) is 5.75 Å². The van der Waals surface area contributed by atoms with Crippen molar-refractivity contribution in [2.75, 3.05) is 6.54 Å². The van der Waals surface area contributed by atoms with Gasteiger partial charge in [0.25, 0.3) is 0 Å². The van der Waals surface area contributed by atoms with Gasteiger partial charge in [0.15, 0.2) is 17.5 Å². The zero-order valence-electron chi connectivity index (χ0n) is 22.2. The molecule has 1 aromatic heterocycles. The monoisotopic (exact) mass is 669 g/mol. The lowest BCUT2D eigenvalue weighted by atomic mass is 9.62. The normalized spacial score (nSPS) is 21.2. The molecule has 0 spiro atoms. The predicted molar refractivity (Wildman–Crippen MR) is 161 cm³/mol. The van der Waals surface area contributed by atoms with Crippen molar-refractivity contribution in [3.05, 3.63) is 47.3 Å². The van der Waals surface area contributed by atoms with Crippen molar-refractivity contribution < 1.29 is 14.3 Å². The molecule has 3 rings (SSSR count). The van der Waals surface area contributed by atoms with Gasteiger partial charge in [-0.05, 0) is 53.9 Å². The molecule has 1 fully saturated rings. The maximum Gasteiger partial charge on any atom is 0.412 e. The lowest BCUT2D eigenvalue weighted by molar-refractivity contribution is -0.120. The molecule has 2 N–H and O–H groups in total. The molecule has 0 aliphatic heterocycles. The summed E-state index contributed by atoms with van der Waals surface area (Å²) in [6.45, 7) is 8.41. The number of aromatic nitrogens is 3. The van der Waals surface area contributed by atoms with E-state index in [1.54, 1.807) is 30.3 Å². The molecule has 40 heavy (non-hydrogen) atoms. The van der Waals surface area contributed by atoms with Gasteiger partial charge in [0.05, 0.1) is 0 Å². The van der Waals surface area contributed by atoms with Crippen LogP contribution in [-0.4, -0.2) is 39.5 Å². The van der Waals surface area contributed by atoms with E-state index in [1.165, 1.54) is 13.0 Å². The van der Waals surface area contributed by atoms with Crippen LogP contribution in [0.25, 0.3) is 12.2 Å². The number of carbonyl (C=O) groups excluding carboxylic acids is 2. The molecule has 0 bridgehead atoms. The second-order valence-electron chi connectivity index (χ2n) is 10.9. The van der Waals surface area contributed by atoms with Gasteiger partial charge in [-0.25, -0.2) is 19.7 Å². The number of carbonyl (C=O) groups is 2. The van der Waals surface area contributed by atoms with Crippen LogP contribution in [0.1, 0.15) is 70.0 Å². The Morgan fingerprint density at radius 3 is 2.05 bits per heavy atom. The second kappa shape index (κ2) is 12.8. The van der Waals surface area contributed by atoms with Gasteiger partial charge in [-0.15, -0.1) is 0 Å². The molecule has 0 saturated heterocycles. The minimum Gasteiger partial charge on any atom is -0.410 e. The summed E-state index contributed by atoms with van der Waals surface area (Å²) in [6, 6.07) is 6.81. The summed E-state index contributed by atoms with van der Waals surface area (Å²) >= 11 is 35.4. The fourth-order valence-corrected chi connectivity index (χ4v) is 5.63. The van der Waals surface area contributed by atoms with E-state index >= 15 is 0 Å². The number of hydrogen-bond acceptors (Lipinski definition) is 6. The van der Waals surface area contributed by atoms with Gasteiger partial charge in [-0.2, -0.15) is 0 Å². The summed E-state index contributed by atoms with van der Waals surface area (Å²) in [7, 11) is 0. The Morgan fingerprint density at radius 1 is 0.950 bits per heavy atom. The Balaban J connectivity index is 1.62. The van der Waals surface area contributed by atoms with Crippen molar-refractivity contribution in [2.24, 2.45) is 10.8 Å². The highest BCUT2D eigenvalue weighted by atomic mass is 35.6. The van der Waals surface area contributed by atoms with Crippen LogP contribution in [0.5, 0.6) is 5.75 Å². The number of halogens is 6. The van der Waals surface area contributed by atoms with Crippen LogP contribution in [0, 0.1) is 10.8 Å². The van der Waals surface area contributed by atoms with Gasteiger partial charge in [0.2, 0.25) is 13.5 Å². The van der Waals surface area contributed by atoms with E-state index < -0.39 is 13.7 Å². The van der Waals surface area contributed by atoms with Crippen molar-refractivity contribution in [3.8, 4) is 5.75 Å². The highest BCUT2D eigenvalue weighted by Gasteiger charge is 2.41. The summed E-state index contributed by atoms with van der Waals surface area (Å²) < 4.78 is 1.55. The minimum absolute atomic E-state index is 0.0293. The molecule has 14 heteroatoms. The number of hydrogen-bond donors (Lipinski definition) is 2. The molecule has 2 aromatic rings. The van der Waals surface area contributed by atoms with Crippen LogP contribution < -0.4 is 15.4 Å². The largest absolute Gasteiger partial charge is 0.412 e. The molecular weight excluding hydrogens is 643 g/mol. The molecular formula is C26H29Cl6N5O3. The van der Waals surface area contributed by atoms with Crippen LogP contribution in [0.15, 0.2) is 24.3 Å². The number of rotatable bonds is 6. The molecule has 2 atom stereocenters. The Kier molecular flexibility index (Phi) is 10.5. The van der Waals surface area contributed by atoms with E-state index in [-0.39, 0.29) is 40.3 Å². The molecule has 1 aliphatic carbocycles. The zero-order valence-corrected chi connectivity index (χ0v) is 26.7. The molecule has 8 nitrogen and oxygen atoms in total. The summed E-state index contributed by atoms with van der Waals surface area (Å²) in [5, 5.41) is 5.90. The second-order valence-corrected chi connectivity index (χ2v) is 15.5. The number of ether oxygens (including phenoxy) is 1. The fourth-order valence-electron chi connectivity index (χ4n) is 5.12. The first-order chi connectivity index (χ1) is 18.3. The third kappa shape index (κ3) is 10.1. The highest BCUT2D eigenvalue weighted by Crippen LogP contribution is 2.46. The van der Waals surface area contributed by atoms with E-state index in [0.29, 0.717) is 12.3 Å². The summed E-state index contributed by atoms with van der Waals surface area (Å²) in [5.74, 6) is 0.0256. The topological polar surface area (TPSA) is 106 Å². The van der Waals surface area contributed by atoms with Crippen molar-refractivity contribution in [1.82, 2.24) is 25.6 Å². The lowest BCUT2D eigenvalue weighted by Gasteiger charge is -2.46. The smallest absolute Gasteiger partial charge is 0.410 e. The molecule has 2 amide bonds. The molecule has 1 aromatic carbocycles. The number of nitrogens with one attached hydrogen (secondary N) is 2. The average Bonchev–Trinajstić information content (AvgIpc) is 2.79. The number of alkyl halides is 6. The summed E-state index contributed by atoms with van der Waals surface area (Å²) in [6.07, 6.45) is 5.22. The van der Waals surface area contributed by atoms with Gasteiger partial charge in [-0.1, -0.05) is 109 Å². The molecule has 1 aliphatic rings. The first kappa shape index (κ1) is 33.0. The van der Waals surface area contributed by atoms with Gasteiger partial charge < -0.3 is 15.4 Å². The van der Waals surface area contributed by atoms with E-state index in [0.717, 1.165) is 24.8 Å². The summed E-state index contributed by atoms with van der Waals surface area (Å²) in [4.78, 5) is 36.3. The maximum absolute atomic E-state index is 12.5. The van der Waals surface area contributed by atoms with Gasteiger partial charge in [0, 0.05) is 19.5 Å². The number of amides is 2. The average molecular weight is 672 g/mol. The van der Waals surface area contributed by atoms with Crippen molar-refractivity contribution >= 4 is 93.8 Å². The van der Waals surface area contributed by atoms with Crippen molar-refractivity contribution in [3.63, 3.8) is 0 Å². The molecule has 2 unspecified atom stereocenters. The highest BCUT2D eigenvalue weighted by molar-refractivity contribution is 6.67. The first-order valence-corrected chi connectivity index (χ1v) is 14.5. The SMILES string of the molecule is CC(=O)NC1CC(C)(C)CC(C)(CNC(=O)Oc2ccc(/C=C/c3nc(C(Cl)(Cl)Cl)nc(C(Cl)(Cl)Cl)n3)cc2)C1. The van der Waals surface area contributed by atoms with E-state index in [4.69, 9.17) is 74.3 Å². The number of benzene rings is 1. The molecule has 1 saturated carbocycles. The van der Waals surface area contributed by atoms with E-state index in [1.807, 2.05) is 0 Å². The standard InChI is InChI=1S/C26H29Cl6N5O3/c1-15(38)34-17-11-23(2,3)13-24(4,12-17)14-33-22(39)40-18-8-5-16(6-9-18)7-10-19-35-20(25(27,28)29)37-21(36-19)26(30,31)32/h5-10,17H,11-14H2,1-4H3,(H,33,39)(H,34,38)/b10-7+. The van der Waals surface area contributed by atoms with Crippen LogP contribution in [-0.2, 0) is 12.4 Å². The molecule has 218 valence electrons. The Morgan fingerprint density at radius 2 is 1.52 bits per heavy atom. The Bertz CT molecular complexity index is 1230. The van der Waals surface area contributed by atoms with E-state index in [9.17, 15) is 9.59 Å². The Labute approximate surface area is 263 Å². The Hall–Kier alpha value is -1.55. The minimum atomic E-state index is -1.95. The molecule has 1 heterocycles. The predicted octanol–water partition coefficient (Wildman–Crippen LogP) is 7.50. The van der Waals surface area contributed by atoms with E-state index in [2.05, 4.69) is 46.4 Å². The van der Waals surface area contributed by atoms with Gasteiger partial charge >= 0.3 is 6.09 Å². The van der Waals surface area contributed by atoms with Crippen LogP contribution in [0.3, 0.4) is 0 Å². The van der Waals surface area contributed by atoms with Crippen LogP contribution in [0.2, 0.25) is 0 Å². The third-order valence-corrected chi connectivity index (χ3v) is 7.20. The lowest BCUT2D eigenvalue weighted by Crippen LogP contribution is -2.50. The summed E-state index contributed by atoms with van der Waals surface area (Å²) in [5.41, 5.74) is 0.574. The maximum atomic E-state index is 12.5. The zero-order chi connectivity index (χ0) is 29.9. The quantitative estimate of drug-likeness (QED) is 0.308. The third-order valence-electron chi connectivity index (χ3n) is 6.19. The fraction of sp³-hybridized carbons (Fsp3) is 0.500. The van der Waals surface area contributed by atoms with Crippen molar-refractivity contribution in [2.45, 2.75) is 60.6 Å².